The fourth-order valence-electron chi connectivity index (χ4n) is 2.60. The molecule has 0 aromatic rings. The normalized spacial score (nSPS) is 36.4. The van der Waals surface area contributed by atoms with Crippen LogP contribution >= 0.6 is 0 Å². The lowest BCUT2D eigenvalue weighted by Gasteiger charge is -2.37. The van der Waals surface area contributed by atoms with Gasteiger partial charge in [0.2, 0.25) is 0 Å². The molecule has 14 heavy (non-hydrogen) atoms. The van der Waals surface area contributed by atoms with Crippen LogP contribution in [0.25, 0.3) is 0 Å². The predicted octanol–water partition coefficient (Wildman–Crippen LogP) is 2.33. The molecular weight excluding hydrogens is 174 g/mol. The predicted molar refractivity (Wildman–Crippen MR) is 58.4 cm³/mol. The molecule has 2 nitrogen and oxygen atoms in total. The van der Waals surface area contributed by atoms with Crippen LogP contribution in [0.15, 0.2) is 0 Å². The van der Waals surface area contributed by atoms with Crippen molar-refractivity contribution in [1.29, 1.82) is 0 Å². The molecule has 1 aliphatic heterocycles. The second-order valence-corrected chi connectivity index (χ2v) is 5.05. The summed E-state index contributed by atoms with van der Waals surface area (Å²) in [6, 6.07) is 1.42. The molecule has 1 heterocycles. The van der Waals surface area contributed by atoms with E-state index in [0.29, 0.717) is 12.1 Å². The van der Waals surface area contributed by atoms with Crippen LogP contribution in [0, 0.1) is 5.92 Å². The van der Waals surface area contributed by atoms with Crippen LogP contribution in [0.4, 0.5) is 0 Å². The first-order valence-corrected chi connectivity index (χ1v) is 6.13. The SMILES string of the molecule is CC1CC(N[C@@H](C)C2CCC2)CCO1. The van der Waals surface area contributed by atoms with Gasteiger partial charge in [0.25, 0.3) is 0 Å². The number of ether oxygens (including phenoxy) is 1. The van der Waals surface area contributed by atoms with Crippen molar-refractivity contribution in [2.24, 2.45) is 5.92 Å². The van der Waals surface area contributed by atoms with Crippen molar-refractivity contribution in [3.63, 3.8) is 0 Å². The number of hydrogen-bond acceptors (Lipinski definition) is 2. The third kappa shape index (κ3) is 2.48. The van der Waals surface area contributed by atoms with Gasteiger partial charge in [0.1, 0.15) is 0 Å². The Hall–Kier alpha value is -0.0800. The molecule has 1 saturated heterocycles. The summed E-state index contributed by atoms with van der Waals surface area (Å²) in [6.07, 6.45) is 7.16. The maximum atomic E-state index is 5.55. The average Bonchev–Trinajstić information content (AvgIpc) is 1.99. The summed E-state index contributed by atoms with van der Waals surface area (Å²) in [6.45, 7) is 5.47. The number of rotatable bonds is 3. The molecule has 0 amide bonds. The van der Waals surface area contributed by atoms with E-state index >= 15 is 0 Å². The van der Waals surface area contributed by atoms with Crippen molar-refractivity contribution in [1.82, 2.24) is 5.32 Å². The van der Waals surface area contributed by atoms with Crippen LogP contribution in [-0.4, -0.2) is 24.8 Å². The van der Waals surface area contributed by atoms with Gasteiger partial charge in [-0.3, -0.25) is 0 Å². The molecule has 3 atom stereocenters. The third-order valence-corrected chi connectivity index (χ3v) is 3.84. The summed E-state index contributed by atoms with van der Waals surface area (Å²) < 4.78 is 5.55. The monoisotopic (exact) mass is 197 g/mol. The quantitative estimate of drug-likeness (QED) is 0.750. The summed E-state index contributed by atoms with van der Waals surface area (Å²) in [5.41, 5.74) is 0. The molecule has 2 fully saturated rings. The Kier molecular flexibility index (Phi) is 3.45. The Morgan fingerprint density at radius 2 is 2.07 bits per heavy atom. The molecule has 0 spiro atoms. The molecule has 1 saturated carbocycles. The molecule has 0 radical (unpaired) electrons. The van der Waals surface area contributed by atoms with E-state index in [1.807, 2.05) is 0 Å². The van der Waals surface area contributed by atoms with Gasteiger partial charge in [-0.2, -0.15) is 0 Å². The molecular formula is C12H23NO. The highest BCUT2D eigenvalue weighted by molar-refractivity contribution is 4.84. The van der Waals surface area contributed by atoms with Crippen molar-refractivity contribution in [3.05, 3.63) is 0 Å². The summed E-state index contributed by atoms with van der Waals surface area (Å²) in [5, 5.41) is 3.77. The largest absolute Gasteiger partial charge is 0.378 e. The molecule has 2 heteroatoms. The molecule has 2 rings (SSSR count). The van der Waals surface area contributed by atoms with E-state index in [0.717, 1.165) is 18.6 Å². The minimum Gasteiger partial charge on any atom is -0.378 e. The van der Waals surface area contributed by atoms with E-state index in [-0.39, 0.29) is 0 Å². The van der Waals surface area contributed by atoms with Crippen molar-refractivity contribution in [2.75, 3.05) is 6.61 Å². The van der Waals surface area contributed by atoms with Crippen LogP contribution in [0.3, 0.4) is 0 Å². The second kappa shape index (κ2) is 4.63. The standard InChI is InChI=1S/C12H23NO/c1-9-8-12(6-7-14-9)13-10(2)11-4-3-5-11/h9-13H,3-8H2,1-2H3/t9?,10-,12?/m0/s1. The van der Waals surface area contributed by atoms with Gasteiger partial charge in [-0.15, -0.1) is 0 Å². The molecule has 0 aromatic carbocycles. The van der Waals surface area contributed by atoms with E-state index in [9.17, 15) is 0 Å². The Balaban J connectivity index is 1.72. The first-order valence-electron chi connectivity index (χ1n) is 6.13. The van der Waals surface area contributed by atoms with Gasteiger partial charge in [0.05, 0.1) is 6.10 Å². The summed E-state index contributed by atoms with van der Waals surface area (Å²) in [5.74, 6) is 0.952. The van der Waals surface area contributed by atoms with E-state index in [1.54, 1.807) is 0 Å². The van der Waals surface area contributed by atoms with Gasteiger partial charge in [-0.25, -0.2) is 0 Å². The fraction of sp³-hybridized carbons (Fsp3) is 1.00. The van der Waals surface area contributed by atoms with Gasteiger partial charge in [0.15, 0.2) is 0 Å². The van der Waals surface area contributed by atoms with Gasteiger partial charge in [0, 0.05) is 18.7 Å². The lowest BCUT2D eigenvalue weighted by atomic mass is 9.80. The lowest BCUT2D eigenvalue weighted by molar-refractivity contribution is 0.00895. The highest BCUT2D eigenvalue weighted by atomic mass is 16.5. The lowest BCUT2D eigenvalue weighted by Crippen LogP contribution is -2.46. The molecule has 1 N–H and O–H groups in total. The van der Waals surface area contributed by atoms with Crippen LogP contribution in [0.5, 0.6) is 0 Å². The maximum absolute atomic E-state index is 5.55. The van der Waals surface area contributed by atoms with E-state index < -0.39 is 0 Å². The first-order chi connectivity index (χ1) is 6.75. The minimum atomic E-state index is 0.454. The molecule has 0 aromatic heterocycles. The summed E-state index contributed by atoms with van der Waals surface area (Å²) in [7, 11) is 0. The highest BCUT2D eigenvalue weighted by Crippen LogP contribution is 2.30. The van der Waals surface area contributed by atoms with Gasteiger partial charge >= 0.3 is 0 Å². The first kappa shape index (κ1) is 10.4. The average molecular weight is 197 g/mol. The van der Waals surface area contributed by atoms with E-state index in [4.69, 9.17) is 4.74 Å². The molecule has 1 aliphatic carbocycles. The van der Waals surface area contributed by atoms with Gasteiger partial charge in [-0.1, -0.05) is 6.42 Å². The zero-order valence-corrected chi connectivity index (χ0v) is 9.46. The highest BCUT2D eigenvalue weighted by Gasteiger charge is 2.27. The van der Waals surface area contributed by atoms with Crippen LogP contribution in [-0.2, 0) is 4.74 Å². The second-order valence-electron chi connectivity index (χ2n) is 5.05. The van der Waals surface area contributed by atoms with Gasteiger partial charge in [-0.05, 0) is 45.4 Å². The van der Waals surface area contributed by atoms with Crippen LogP contribution < -0.4 is 5.32 Å². The smallest absolute Gasteiger partial charge is 0.0561 e. The Labute approximate surface area is 87.4 Å². The van der Waals surface area contributed by atoms with Crippen molar-refractivity contribution in [2.45, 2.75) is 64.1 Å². The number of nitrogens with one attached hydrogen (secondary N) is 1. The van der Waals surface area contributed by atoms with Crippen LogP contribution in [0.1, 0.15) is 46.0 Å². The maximum Gasteiger partial charge on any atom is 0.0561 e. The molecule has 2 unspecified atom stereocenters. The Morgan fingerprint density at radius 3 is 2.64 bits per heavy atom. The molecule has 2 aliphatic rings. The Morgan fingerprint density at radius 1 is 1.29 bits per heavy atom. The zero-order valence-electron chi connectivity index (χ0n) is 9.46. The molecule has 0 bridgehead atoms. The number of hydrogen-bond donors (Lipinski definition) is 1. The van der Waals surface area contributed by atoms with Crippen LogP contribution in [0.2, 0.25) is 0 Å². The van der Waals surface area contributed by atoms with Crippen molar-refractivity contribution < 1.29 is 4.74 Å². The van der Waals surface area contributed by atoms with Gasteiger partial charge < -0.3 is 10.1 Å². The topological polar surface area (TPSA) is 21.3 Å². The van der Waals surface area contributed by atoms with E-state index in [1.165, 1.54) is 32.1 Å². The van der Waals surface area contributed by atoms with Crippen molar-refractivity contribution >= 4 is 0 Å². The minimum absolute atomic E-state index is 0.454. The fourth-order valence-corrected chi connectivity index (χ4v) is 2.60. The summed E-state index contributed by atoms with van der Waals surface area (Å²) >= 11 is 0. The van der Waals surface area contributed by atoms with E-state index in [2.05, 4.69) is 19.2 Å². The Bertz CT molecular complexity index is 179. The van der Waals surface area contributed by atoms with Crippen molar-refractivity contribution in [3.8, 4) is 0 Å². The zero-order chi connectivity index (χ0) is 9.97. The summed E-state index contributed by atoms with van der Waals surface area (Å²) in [4.78, 5) is 0. The third-order valence-electron chi connectivity index (χ3n) is 3.84. The molecule has 82 valence electrons.